The third-order valence-electron chi connectivity index (χ3n) is 1.96. The second-order valence-electron chi connectivity index (χ2n) is 3.13. The summed E-state index contributed by atoms with van der Waals surface area (Å²) in [6.07, 6.45) is 0.144. The van der Waals surface area contributed by atoms with Gasteiger partial charge in [0.25, 0.3) is 0 Å². The van der Waals surface area contributed by atoms with Gasteiger partial charge in [0, 0.05) is 0 Å². The molecule has 0 radical (unpaired) electrons. The van der Waals surface area contributed by atoms with Crippen LogP contribution in [0.1, 0.15) is 18.9 Å². The van der Waals surface area contributed by atoms with E-state index in [1.807, 2.05) is 6.07 Å². The highest BCUT2D eigenvalue weighted by Gasteiger charge is 2.08. The van der Waals surface area contributed by atoms with Crippen LogP contribution in [-0.2, 0) is 9.53 Å². The van der Waals surface area contributed by atoms with Crippen LogP contribution >= 0.6 is 11.6 Å². The van der Waals surface area contributed by atoms with Gasteiger partial charge in [-0.25, -0.2) is 0 Å². The minimum Gasteiger partial charge on any atom is -0.492 e. The lowest BCUT2D eigenvalue weighted by Gasteiger charge is -2.08. The Balaban J connectivity index is 2.56. The maximum atomic E-state index is 11.1. The lowest BCUT2D eigenvalue weighted by atomic mass is 10.2. The number of halogens is 1. The molecule has 0 aliphatic heterocycles. The molecule has 17 heavy (non-hydrogen) atoms. The Kier molecular flexibility index (Phi) is 5.31. The van der Waals surface area contributed by atoms with E-state index in [-0.39, 0.29) is 24.6 Å². The van der Waals surface area contributed by atoms with Crippen molar-refractivity contribution in [3.05, 3.63) is 28.8 Å². The topological polar surface area (TPSA) is 59.3 Å². The summed E-state index contributed by atoms with van der Waals surface area (Å²) in [6, 6.07) is 6.88. The molecule has 1 aromatic rings. The predicted molar refractivity (Wildman–Crippen MR) is 62.9 cm³/mol. The molecule has 0 saturated carbocycles. The van der Waals surface area contributed by atoms with E-state index in [9.17, 15) is 4.79 Å². The van der Waals surface area contributed by atoms with Crippen molar-refractivity contribution in [2.75, 3.05) is 13.2 Å². The molecule has 0 aliphatic rings. The number of carbonyl (C=O) groups excluding carboxylic acids is 1. The quantitative estimate of drug-likeness (QED) is 0.757. The SMILES string of the molecule is CCOC(=O)CCOc1cccc(Cl)c1C#N. The molecule has 1 aromatic carbocycles. The van der Waals surface area contributed by atoms with Crippen LogP contribution in [0.4, 0.5) is 0 Å². The van der Waals surface area contributed by atoms with Crippen molar-refractivity contribution in [2.45, 2.75) is 13.3 Å². The summed E-state index contributed by atoms with van der Waals surface area (Å²) in [7, 11) is 0. The number of carbonyl (C=O) groups is 1. The monoisotopic (exact) mass is 253 g/mol. The van der Waals surface area contributed by atoms with Crippen LogP contribution in [-0.4, -0.2) is 19.2 Å². The van der Waals surface area contributed by atoms with E-state index < -0.39 is 0 Å². The number of hydrogen-bond acceptors (Lipinski definition) is 4. The number of hydrogen-bond donors (Lipinski definition) is 0. The van der Waals surface area contributed by atoms with Gasteiger partial charge >= 0.3 is 5.97 Å². The highest BCUT2D eigenvalue weighted by atomic mass is 35.5. The smallest absolute Gasteiger partial charge is 0.309 e. The standard InChI is InChI=1S/C12H12ClNO3/c1-2-16-12(15)6-7-17-11-5-3-4-10(13)9(11)8-14/h3-5H,2,6-7H2,1H3. The molecule has 90 valence electrons. The molecule has 0 unspecified atom stereocenters. The van der Waals surface area contributed by atoms with Crippen LogP contribution in [0, 0.1) is 11.3 Å². The van der Waals surface area contributed by atoms with Crippen molar-refractivity contribution in [1.29, 1.82) is 5.26 Å². The van der Waals surface area contributed by atoms with Crippen molar-refractivity contribution < 1.29 is 14.3 Å². The molecular formula is C12H12ClNO3. The zero-order valence-electron chi connectivity index (χ0n) is 9.40. The molecule has 0 N–H and O–H groups in total. The lowest BCUT2D eigenvalue weighted by Crippen LogP contribution is -2.10. The van der Waals surface area contributed by atoms with Crippen LogP contribution in [0.15, 0.2) is 18.2 Å². The Morgan fingerprint density at radius 2 is 2.29 bits per heavy atom. The Labute approximate surface area is 105 Å². The predicted octanol–water partition coefficient (Wildman–Crippen LogP) is 2.54. The van der Waals surface area contributed by atoms with Gasteiger partial charge in [0.2, 0.25) is 0 Å². The van der Waals surface area contributed by atoms with Crippen molar-refractivity contribution in [3.63, 3.8) is 0 Å². The van der Waals surface area contributed by atoms with Gasteiger partial charge < -0.3 is 9.47 Å². The Morgan fingerprint density at radius 3 is 2.94 bits per heavy atom. The van der Waals surface area contributed by atoms with Crippen LogP contribution in [0.25, 0.3) is 0 Å². The Hall–Kier alpha value is -1.73. The summed E-state index contributed by atoms with van der Waals surface area (Å²) in [5, 5.41) is 9.22. The molecule has 0 spiro atoms. The number of benzene rings is 1. The molecule has 4 nitrogen and oxygen atoms in total. The lowest BCUT2D eigenvalue weighted by molar-refractivity contribution is -0.143. The molecule has 0 amide bonds. The van der Waals surface area contributed by atoms with Crippen molar-refractivity contribution in [1.82, 2.24) is 0 Å². The van der Waals surface area contributed by atoms with Crippen LogP contribution in [0.3, 0.4) is 0 Å². The summed E-state index contributed by atoms with van der Waals surface area (Å²) in [5.41, 5.74) is 0.276. The maximum absolute atomic E-state index is 11.1. The van der Waals surface area contributed by atoms with Gasteiger partial charge in [-0.15, -0.1) is 0 Å². The van der Waals surface area contributed by atoms with E-state index in [1.165, 1.54) is 0 Å². The first kappa shape index (κ1) is 13.3. The zero-order valence-corrected chi connectivity index (χ0v) is 10.2. The average Bonchev–Trinajstić information content (AvgIpc) is 2.29. The number of nitriles is 1. The first-order valence-corrected chi connectivity index (χ1v) is 5.53. The van der Waals surface area contributed by atoms with Crippen LogP contribution in [0.5, 0.6) is 5.75 Å². The van der Waals surface area contributed by atoms with Crippen molar-refractivity contribution in [2.24, 2.45) is 0 Å². The molecule has 0 saturated heterocycles. The second kappa shape index (κ2) is 6.77. The van der Waals surface area contributed by atoms with E-state index in [1.54, 1.807) is 25.1 Å². The first-order valence-electron chi connectivity index (χ1n) is 5.16. The van der Waals surface area contributed by atoms with E-state index in [0.717, 1.165) is 0 Å². The summed E-state index contributed by atoms with van der Waals surface area (Å²) in [5.74, 6) is 0.0531. The largest absolute Gasteiger partial charge is 0.492 e. The van der Waals surface area contributed by atoms with Crippen molar-refractivity contribution in [3.8, 4) is 11.8 Å². The fourth-order valence-corrected chi connectivity index (χ4v) is 1.42. The van der Waals surface area contributed by atoms with Gasteiger partial charge in [-0.05, 0) is 19.1 Å². The molecule has 0 atom stereocenters. The number of rotatable bonds is 5. The van der Waals surface area contributed by atoms with Crippen LogP contribution in [0.2, 0.25) is 5.02 Å². The normalized spacial score (nSPS) is 9.47. The summed E-state index contributed by atoms with van der Waals surface area (Å²) < 4.78 is 10.1. The number of ether oxygens (including phenoxy) is 2. The van der Waals surface area contributed by atoms with Gasteiger partial charge in [-0.3, -0.25) is 4.79 Å². The molecular weight excluding hydrogens is 242 g/mol. The summed E-state index contributed by atoms with van der Waals surface area (Å²) in [4.78, 5) is 11.1. The third kappa shape index (κ3) is 3.97. The Morgan fingerprint density at radius 1 is 1.53 bits per heavy atom. The fraction of sp³-hybridized carbons (Fsp3) is 0.333. The van der Waals surface area contributed by atoms with E-state index in [4.69, 9.17) is 26.3 Å². The van der Waals surface area contributed by atoms with E-state index in [2.05, 4.69) is 0 Å². The molecule has 0 aliphatic carbocycles. The molecule has 0 fully saturated rings. The van der Waals surface area contributed by atoms with Gasteiger partial charge in [0.05, 0.1) is 24.7 Å². The molecule has 0 aromatic heterocycles. The highest BCUT2D eigenvalue weighted by molar-refractivity contribution is 6.31. The zero-order chi connectivity index (χ0) is 12.7. The minimum atomic E-state index is -0.326. The van der Waals surface area contributed by atoms with Crippen molar-refractivity contribution >= 4 is 17.6 Å². The molecule has 0 heterocycles. The number of nitrogens with zero attached hydrogens (tertiary/aromatic N) is 1. The van der Waals surface area contributed by atoms with Gasteiger partial charge in [-0.2, -0.15) is 5.26 Å². The van der Waals surface area contributed by atoms with E-state index >= 15 is 0 Å². The summed E-state index contributed by atoms with van der Waals surface area (Å²) >= 11 is 5.83. The van der Waals surface area contributed by atoms with Gasteiger partial charge in [0.1, 0.15) is 17.4 Å². The summed E-state index contributed by atoms with van der Waals surface area (Å²) in [6.45, 7) is 2.25. The molecule has 5 heteroatoms. The number of esters is 1. The average molecular weight is 254 g/mol. The minimum absolute atomic E-state index is 0.144. The fourth-order valence-electron chi connectivity index (χ4n) is 1.21. The van der Waals surface area contributed by atoms with Crippen LogP contribution < -0.4 is 4.74 Å². The first-order chi connectivity index (χ1) is 8.19. The third-order valence-corrected chi connectivity index (χ3v) is 2.27. The van der Waals surface area contributed by atoms with E-state index in [0.29, 0.717) is 17.4 Å². The highest BCUT2D eigenvalue weighted by Crippen LogP contribution is 2.25. The molecule has 1 rings (SSSR count). The van der Waals surface area contributed by atoms with Gasteiger partial charge in [0.15, 0.2) is 0 Å². The Bertz CT molecular complexity index is 440. The molecule has 0 bridgehead atoms. The second-order valence-corrected chi connectivity index (χ2v) is 3.54. The maximum Gasteiger partial charge on any atom is 0.309 e. The van der Waals surface area contributed by atoms with Gasteiger partial charge in [-0.1, -0.05) is 17.7 Å².